The van der Waals surface area contributed by atoms with E-state index in [1.807, 2.05) is 0 Å². The smallest absolute Gasteiger partial charge is 0.110 e. The lowest BCUT2D eigenvalue weighted by Gasteiger charge is -2.02. The van der Waals surface area contributed by atoms with Gasteiger partial charge in [0.1, 0.15) is 6.04 Å². The highest BCUT2D eigenvalue weighted by atomic mass is 16.3. The second-order valence-electron chi connectivity index (χ2n) is 2.69. The van der Waals surface area contributed by atoms with Crippen LogP contribution < -0.4 is 5.32 Å². The third-order valence-electron chi connectivity index (χ3n) is 1.83. The third kappa shape index (κ3) is 1.20. The van der Waals surface area contributed by atoms with Crippen molar-refractivity contribution >= 4 is 0 Å². The summed E-state index contributed by atoms with van der Waals surface area (Å²) in [6.07, 6.45) is 2.46. The quantitative estimate of drug-likeness (QED) is 0.457. The fourth-order valence-electron chi connectivity index (χ4n) is 1.29. The lowest BCUT2D eigenvalue weighted by Crippen LogP contribution is -2.91. The van der Waals surface area contributed by atoms with Crippen LogP contribution in [0.15, 0.2) is 0 Å². The molecule has 3 N–H and O–H groups in total. The fourth-order valence-corrected chi connectivity index (χ4v) is 1.29. The number of nitrogens with two attached hydrogens (primary N) is 1. The molecular weight excluding hydrogens is 102 g/mol. The van der Waals surface area contributed by atoms with Gasteiger partial charge in [0.05, 0.1) is 12.6 Å². The minimum Gasteiger partial charge on any atom is -0.390 e. The van der Waals surface area contributed by atoms with E-state index in [1.165, 1.54) is 12.8 Å². The van der Waals surface area contributed by atoms with Gasteiger partial charge in [-0.25, -0.2) is 0 Å². The molecule has 1 aliphatic rings. The largest absolute Gasteiger partial charge is 0.390 e. The number of hydrogen-bond acceptors (Lipinski definition) is 1. The molecule has 48 valence electrons. The van der Waals surface area contributed by atoms with Crippen LogP contribution in [0.4, 0.5) is 0 Å². The van der Waals surface area contributed by atoms with E-state index >= 15 is 0 Å². The summed E-state index contributed by atoms with van der Waals surface area (Å²) in [6.45, 7) is 2.56. The summed E-state index contributed by atoms with van der Waals surface area (Å²) in [7, 11) is 0. The fraction of sp³-hybridized carbons (Fsp3) is 1.00. The van der Waals surface area contributed by atoms with Crippen molar-refractivity contribution < 1.29 is 10.4 Å². The zero-order chi connectivity index (χ0) is 5.98. The first kappa shape index (κ1) is 6.05. The van der Waals surface area contributed by atoms with Crippen LogP contribution in [0.3, 0.4) is 0 Å². The molecule has 1 fully saturated rings. The summed E-state index contributed by atoms with van der Waals surface area (Å²) in [5.74, 6) is 0. The summed E-state index contributed by atoms with van der Waals surface area (Å²) in [5, 5.41) is 10.9. The predicted molar refractivity (Wildman–Crippen MR) is 31.5 cm³/mol. The van der Waals surface area contributed by atoms with Crippen molar-refractivity contribution in [1.82, 2.24) is 0 Å². The summed E-state index contributed by atoms with van der Waals surface area (Å²) in [6, 6.07) is 1.25. The molecule has 0 aromatic rings. The zero-order valence-corrected chi connectivity index (χ0v) is 5.30. The molecule has 8 heavy (non-hydrogen) atoms. The number of aliphatic hydroxyl groups excluding tert-OH is 1. The molecule has 0 saturated carbocycles. The number of rotatable bonds is 1. The average molecular weight is 116 g/mol. The van der Waals surface area contributed by atoms with Gasteiger partial charge in [-0.2, -0.15) is 0 Å². The number of hydrogen-bond donors (Lipinski definition) is 2. The van der Waals surface area contributed by atoms with Gasteiger partial charge in [0.2, 0.25) is 0 Å². The molecule has 2 unspecified atom stereocenters. The molecule has 1 heterocycles. The molecule has 1 rings (SSSR count). The lowest BCUT2D eigenvalue weighted by atomic mass is 10.2. The van der Waals surface area contributed by atoms with Gasteiger partial charge in [-0.05, 0) is 6.92 Å². The van der Waals surface area contributed by atoms with Gasteiger partial charge in [0, 0.05) is 12.8 Å². The first-order valence-electron chi connectivity index (χ1n) is 3.28. The van der Waals surface area contributed by atoms with E-state index in [4.69, 9.17) is 5.11 Å². The van der Waals surface area contributed by atoms with E-state index in [-0.39, 0.29) is 0 Å². The minimum absolute atomic E-state index is 0.352. The Hall–Kier alpha value is -0.0800. The van der Waals surface area contributed by atoms with E-state index in [9.17, 15) is 0 Å². The summed E-state index contributed by atoms with van der Waals surface area (Å²) in [4.78, 5) is 0. The van der Waals surface area contributed by atoms with Crippen molar-refractivity contribution in [3.05, 3.63) is 0 Å². The molecule has 0 amide bonds. The normalized spacial score (nSPS) is 38.2. The Kier molecular flexibility index (Phi) is 1.86. The Labute approximate surface area is 49.9 Å². The predicted octanol–water partition coefficient (Wildman–Crippen LogP) is -0.907. The molecule has 0 aromatic carbocycles. The van der Waals surface area contributed by atoms with Crippen LogP contribution in [0.2, 0.25) is 0 Å². The molecule has 2 heteroatoms. The molecule has 0 bridgehead atoms. The summed E-state index contributed by atoms with van der Waals surface area (Å²) < 4.78 is 0. The van der Waals surface area contributed by atoms with Crippen LogP contribution in [0.5, 0.6) is 0 Å². The Bertz CT molecular complexity index is 74.9. The maximum atomic E-state index is 8.65. The summed E-state index contributed by atoms with van der Waals surface area (Å²) >= 11 is 0. The van der Waals surface area contributed by atoms with Gasteiger partial charge in [-0.3, -0.25) is 0 Å². The maximum Gasteiger partial charge on any atom is 0.110 e. The van der Waals surface area contributed by atoms with Crippen LogP contribution in [-0.2, 0) is 0 Å². The Morgan fingerprint density at radius 1 is 1.62 bits per heavy atom. The molecule has 2 atom stereocenters. The molecular formula is C6H14NO+. The lowest BCUT2D eigenvalue weighted by molar-refractivity contribution is -0.699. The van der Waals surface area contributed by atoms with Crippen LogP contribution in [-0.4, -0.2) is 23.8 Å². The van der Waals surface area contributed by atoms with Gasteiger partial charge < -0.3 is 10.4 Å². The van der Waals surface area contributed by atoms with Gasteiger partial charge in [-0.1, -0.05) is 0 Å². The zero-order valence-electron chi connectivity index (χ0n) is 5.30. The second kappa shape index (κ2) is 2.46. The molecule has 0 aliphatic carbocycles. The maximum absolute atomic E-state index is 8.65. The SMILES string of the molecule is CC1CCC(CO)[NH2+]1. The van der Waals surface area contributed by atoms with E-state index < -0.39 is 0 Å². The molecule has 0 spiro atoms. The molecule has 0 aromatic heterocycles. The van der Waals surface area contributed by atoms with Crippen molar-refractivity contribution in [2.75, 3.05) is 6.61 Å². The highest BCUT2D eigenvalue weighted by molar-refractivity contribution is 4.62. The van der Waals surface area contributed by atoms with E-state index in [0.717, 1.165) is 6.04 Å². The van der Waals surface area contributed by atoms with Crippen molar-refractivity contribution in [2.45, 2.75) is 31.8 Å². The molecule has 1 saturated heterocycles. The van der Waals surface area contributed by atoms with Gasteiger partial charge >= 0.3 is 0 Å². The minimum atomic E-state index is 0.352. The van der Waals surface area contributed by atoms with Crippen LogP contribution in [0.25, 0.3) is 0 Å². The van der Waals surface area contributed by atoms with E-state index in [2.05, 4.69) is 12.2 Å². The second-order valence-corrected chi connectivity index (χ2v) is 2.69. The third-order valence-corrected chi connectivity index (χ3v) is 1.83. The van der Waals surface area contributed by atoms with Crippen LogP contribution in [0, 0.1) is 0 Å². The number of quaternary nitrogens is 1. The van der Waals surface area contributed by atoms with Gasteiger partial charge in [-0.15, -0.1) is 0 Å². The topological polar surface area (TPSA) is 36.8 Å². The van der Waals surface area contributed by atoms with Gasteiger partial charge in [0.15, 0.2) is 0 Å². The molecule has 1 aliphatic heterocycles. The van der Waals surface area contributed by atoms with Crippen LogP contribution >= 0.6 is 0 Å². The highest BCUT2D eigenvalue weighted by Gasteiger charge is 2.22. The van der Waals surface area contributed by atoms with Crippen molar-refractivity contribution in [2.24, 2.45) is 0 Å². The molecule has 2 nitrogen and oxygen atoms in total. The van der Waals surface area contributed by atoms with E-state index in [0.29, 0.717) is 12.6 Å². The standard InChI is InChI=1S/C6H13NO/c1-5-2-3-6(4-8)7-5/h5-8H,2-4H2,1H3/p+1. The van der Waals surface area contributed by atoms with E-state index in [1.54, 1.807) is 0 Å². The van der Waals surface area contributed by atoms with Crippen molar-refractivity contribution in [1.29, 1.82) is 0 Å². The summed E-state index contributed by atoms with van der Waals surface area (Å²) in [5.41, 5.74) is 0. The Morgan fingerprint density at radius 2 is 2.38 bits per heavy atom. The molecule has 0 radical (unpaired) electrons. The Morgan fingerprint density at radius 3 is 2.62 bits per heavy atom. The first-order chi connectivity index (χ1) is 3.83. The van der Waals surface area contributed by atoms with Crippen molar-refractivity contribution in [3.8, 4) is 0 Å². The van der Waals surface area contributed by atoms with Gasteiger partial charge in [0.25, 0.3) is 0 Å². The Balaban J connectivity index is 2.22. The highest BCUT2D eigenvalue weighted by Crippen LogP contribution is 2.01. The average Bonchev–Trinajstić information content (AvgIpc) is 2.14. The first-order valence-corrected chi connectivity index (χ1v) is 3.28. The monoisotopic (exact) mass is 116 g/mol. The van der Waals surface area contributed by atoms with Crippen LogP contribution in [0.1, 0.15) is 19.8 Å². The van der Waals surface area contributed by atoms with Crippen molar-refractivity contribution in [3.63, 3.8) is 0 Å². The number of aliphatic hydroxyl groups is 1.